The quantitative estimate of drug-likeness (QED) is 0.551. The molecule has 0 amide bonds. The Morgan fingerprint density at radius 2 is 1.83 bits per heavy atom. The largest absolute Gasteiger partial charge is 0.397 e. The fourth-order valence-electron chi connectivity index (χ4n) is 1.63. The lowest BCUT2D eigenvalue weighted by Gasteiger charge is -2.12. The number of rotatable bonds is 8. The van der Waals surface area contributed by atoms with Crippen molar-refractivity contribution in [2.45, 2.75) is 20.3 Å². The predicted octanol–water partition coefficient (Wildman–Crippen LogP) is 2.35. The number of aryl methyl sites for hydroxylation is 2. The van der Waals surface area contributed by atoms with Crippen LogP contribution in [0.25, 0.3) is 0 Å². The summed E-state index contributed by atoms with van der Waals surface area (Å²) in [6.45, 7) is 7.06. The molecule has 0 aromatic heterocycles. The van der Waals surface area contributed by atoms with Crippen molar-refractivity contribution in [2.24, 2.45) is 0 Å². The fourth-order valence-corrected chi connectivity index (χ4v) is 1.63. The Hall–Kier alpha value is -1.26. The zero-order valence-corrected chi connectivity index (χ0v) is 11.6. The molecule has 0 aliphatic rings. The van der Waals surface area contributed by atoms with E-state index in [4.69, 9.17) is 15.2 Å². The fraction of sp³-hybridized carbons (Fsp3) is 0.571. The van der Waals surface area contributed by atoms with Gasteiger partial charge in [0.15, 0.2) is 0 Å². The first-order valence-corrected chi connectivity index (χ1v) is 6.32. The highest BCUT2D eigenvalue weighted by atomic mass is 16.5. The lowest BCUT2D eigenvalue weighted by Crippen LogP contribution is -2.09. The molecule has 3 N–H and O–H groups in total. The highest BCUT2D eigenvalue weighted by Crippen LogP contribution is 2.22. The highest BCUT2D eigenvalue weighted by Gasteiger charge is 2.01. The van der Waals surface area contributed by atoms with Crippen molar-refractivity contribution in [3.8, 4) is 0 Å². The van der Waals surface area contributed by atoms with Crippen LogP contribution in [0, 0.1) is 13.8 Å². The molecule has 102 valence electrons. The molecular formula is C14H24N2O2. The van der Waals surface area contributed by atoms with Crippen LogP contribution in [0.4, 0.5) is 11.4 Å². The second kappa shape index (κ2) is 7.95. The molecule has 0 unspecified atom stereocenters. The van der Waals surface area contributed by atoms with Gasteiger partial charge in [-0.15, -0.1) is 0 Å². The molecule has 0 aliphatic carbocycles. The van der Waals surface area contributed by atoms with Crippen molar-refractivity contribution in [3.05, 3.63) is 23.3 Å². The number of hydrogen-bond acceptors (Lipinski definition) is 4. The molecule has 0 saturated carbocycles. The minimum absolute atomic E-state index is 0.650. The Morgan fingerprint density at radius 3 is 2.56 bits per heavy atom. The third-order valence-corrected chi connectivity index (χ3v) is 2.88. The Bertz CT molecular complexity index is 367. The van der Waals surface area contributed by atoms with Gasteiger partial charge in [0, 0.05) is 20.3 Å². The average molecular weight is 252 g/mol. The van der Waals surface area contributed by atoms with Gasteiger partial charge < -0.3 is 20.5 Å². The van der Waals surface area contributed by atoms with Crippen molar-refractivity contribution >= 4 is 11.4 Å². The normalized spacial score (nSPS) is 10.6. The van der Waals surface area contributed by atoms with Crippen LogP contribution in [0.3, 0.4) is 0 Å². The van der Waals surface area contributed by atoms with Gasteiger partial charge in [0.1, 0.15) is 0 Å². The Balaban J connectivity index is 2.25. The summed E-state index contributed by atoms with van der Waals surface area (Å²) in [6, 6.07) is 4.10. The number of nitrogens with two attached hydrogens (primary N) is 1. The molecule has 0 bridgehead atoms. The van der Waals surface area contributed by atoms with Crippen LogP contribution in [0.15, 0.2) is 12.1 Å². The lowest BCUT2D eigenvalue weighted by molar-refractivity contribution is 0.0705. The van der Waals surface area contributed by atoms with Crippen LogP contribution in [-0.2, 0) is 9.47 Å². The second-order valence-corrected chi connectivity index (χ2v) is 4.41. The van der Waals surface area contributed by atoms with Gasteiger partial charge in [0.2, 0.25) is 0 Å². The van der Waals surface area contributed by atoms with Crippen LogP contribution in [0.2, 0.25) is 0 Å². The maximum Gasteiger partial charge on any atom is 0.0700 e. The number of methoxy groups -OCH3 is 1. The summed E-state index contributed by atoms with van der Waals surface area (Å²) in [7, 11) is 1.67. The third-order valence-electron chi connectivity index (χ3n) is 2.88. The van der Waals surface area contributed by atoms with E-state index >= 15 is 0 Å². The maximum atomic E-state index is 5.96. The molecule has 1 aromatic rings. The number of nitrogen functional groups attached to an aromatic ring is 1. The van der Waals surface area contributed by atoms with Crippen molar-refractivity contribution in [2.75, 3.05) is 44.5 Å². The minimum Gasteiger partial charge on any atom is -0.397 e. The third kappa shape index (κ3) is 4.94. The van der Waals surface area contributed by atoms with E-state index in [-0.39, 0.29) is 0 Å². The molecule has 18 heavy (non-hydrogen) atoms. The number of nitrogens with one attached hydrogen (secondary N) is 1. The molecule has 0 radical (unpaired) electrons. The Labute approximate surface area is 109 Å². The average Bonchev–Trinajstić information content (AvgIpc) is 2.34. The number of ether oxygens (including phenoxy) is 2. The van der Waals surface area contributed by atoms with Crippen LogP contribution < -0.4 is 11.1 Å². The molecule has 0 aliphatic heterocycles. The van der Waals surface area contributed by atoms with Gasteiger partial charge in [0.05, 0.1) is 24.6 Å². The van der Waals surface area contributed by atoms with Crippen molar-refractivity contribution in [1.82, 2.24) is 0 Å². The van der Waals surface area contributed by atoms with E-state index < -0.39 is 0 Å². The zero-order valence-electron chi connectivity index (χ0n) is 11.6. The summed E-state index contributed by atoms with van der Waals surface area (Å²) in [4.78, 5) is 0. The summed E-state index contributed by atoms with van der Waals surface area (Å²) in [5, 5.41) is 3.34. The Kier molecular flexibility index (Phi) is 6.54. The van der Waals surface area contributed by atoms with E-state index in [2.05, 4.69) is 25.2 Å². The molecule has 0 atom stereocenters. The second-order valence-electron chi connectivity index (χ2n) is 4.41. The molecule has 0 spiro atoms. The van der Waals surface area contributed by atoms with E-state index in [0.29, 0.717) is 13.2 Å². The smallest absolute Gasteiger partial charge is 0.0700 e. The van der Waals surface area contributed by atoms with E-state index in [0.717, 1.165) is 30.9 Å². The van der Waals surface area contributed by atoms with Crippen molar-refractivity contribution < 1.29 is 9.47 Å². The van der Waals surface area contributed by atoms with Crippen LogP contribution >= 0.6 is 0 Å². The first kappa shape index (κ1) is 14.8. The summed E-state index contributed by atoms with van der Waals surface area (Å²) in [6.07, 6.45) is 0.954. The van der Waals surface area contributed by atoms with E-state index in [1.807, 2.05) is 6.07 Å². The molecule has 4 heteroatoms. The Morgan fingerprint density at radius 1 is 1.11 bits per heavy atom. The lowest BCUT2D eigenvalue weighted by atomic mass is 10.1. The standard InChI is InChI=1S/C14H24N2O2/c1-11-9-13(15)14(10-12(11)2)16-5-4-6-18-8-7-17-3/h9-10,16H,4-8,15H2,1-3H3. The van der Waals surface area contributed by atoms with Gasteiger partial charge in [-0.1, -0.05) is 0 Å². The molecule has 4 nitrogen and oxygen atoms in total. The molecule has 0 heterocycles. The van der Waals surface area contributed by atoms with E-state index in [9.17, 15) is 0 Å². The monoisotopic (exact) mass is 252 g/mol. The molecule has 0 saturated heterocycles. The zero-order chi connectivity index (χ0) is 13.4. The molecular weight excluding hydrogens is 228 g/mol. The van der Waals surface area contributed by atoms with Crippen LogP contribution in [0.5, 0.6) is 0 Å². The van der Waals surface area contributed by atoms with Crippen LogP contribution in [-0.4, -0.2) is 33.5 Å². The van der Waals surface area contributed by atoms with E-state index in [1.165, 1.54) is 11.1 Å². The van der Waals surface area contributed by atoms with Gasteiger partial charge in [-0.2, -0.15) is 0 Å². The van der Waals surface area contributed by atoms with Gasteiger partial charge >= 0.3 is 0 Å². The highest BCUT2D eigenvalue weighted by molar-refractivity contribution is 5.68. The number of benzene rings is 1. The first-order chi connectivity index (χ1) is 8.65. The first-order valence-electron chi connectivity index (χ1n) is 6.32. The summed E-state index contributed by atoms with van der Waals surface area (Å²) < 4.78 is 10.3. The van der Waals surface area contributed by atoms with Crippen molar-refractivity contribution in [1.29, 1.82) is 0 Å². The summed E-state index contributed by atoms with van der Waals surface area (Å²) >= 11 is 0. The van der Waals surface area contributed by atoms with Gasteiger partial charge in [-0.3, -0.25) is 0 Å². The van der Waals surface area contributed by atoms with Gasteiger partial charge in [-0.25, -0.2) is 0 Å². The SMILES string of the molecule is COCCOCCCNc1cc(C)c(C)cc1N. The van der Waals surface area contributed by atoms with Crippen LogP contribution in [0.1, 0.15) is 17.5 Å². The topological polar surface area (TPSA) is 56.5 Å². The molecule has 1 aromatic carbocycles. The summed E-state index contributed by atoms with van der Waals surface area (Å²) in [5.41, 5.74) is 10.2. The number of hydrogen-bond donors (Lipinski definition) is 2. The summed E-state index contributed by atoms with van der Waals surface area (Å²) in [5.74, 6) is 0. The van der Waals surface area contributed by atoms with Crippen molar-refractivity contribution in [3.63, 3.8) is 0 Å². The molecule has 0 fully saturated rings. The van der Waals surface area contributed by atoms with Gasteiger partial charge in [-0.05, 0) is 43.5 Å². The maximum absolute atomic E-state index is 5.96. The number of anilines is 2. The predicted molar refractivity (Wildman–Crippen MR) is 76.1 cm³/mol. The minimum atomic E-state index is 0.650. The molecule has 1 rings (SSSR count). The van der Waals surface area contributed by atoms with E-state index in [1.54, 1.807) is 7.11 Å². The van der Waals surface area contributed by atoms with Gasteiger partial charge in [0.25, 0.3) is 0 Å².